The molecule has 0 bridgehead atoms. The minimum atomic E-state index is -0.527. The zero-order valence-electron chi connectivity index (χ0n) is 15.7. The van der Waals surface area contributed by atoms with Crippen LogP contribution >= 0.6 is 11.6 Å². The topological polar surface area (TPSA) is 90.1 Å². The summed E-state index contributed by atoms with van der Waals surface area (Å²) in [5.74, 6) is 0.527. The van der Waals surface area contributed by atoms with Crippen molar-refractivity contribution in [3.63, 3.8) is 0 Å². The Balaban J connectivity index is 1.42. The van der Waals surface area contributed by atoms with Crippen LogP contribution < -0.4 is 14.9 Å². The normalized spacial score (nSPS) is 11.0. The van der Waals surface area contributed by atoms with Gasteiger partial charge in [0.2, 0.25) is 0 Å². The minimum absolute atomic E-state index is 0.181. The van der Waals surface area contributed by atoms with Crippen LogP contribution in [-0.4, -0.2) is 24.7 Å². The van der Waals surface area contributed by atoms with Crippen molar-refractivity contribution in [3.8, 4) is 11.5 Å². The zero-order valence-corrected chi connectivity index (χ0v) is 16.4. The summed E-state index contributed by atoms with van der Waals surface area (Å²) in [7, 11) is 0. The molecular weight excluding hydrogens is 408 g/mol. The van der Waals surface area contributed by atoms with E-state index >= 15 is 0 Å². The summed E-state index contributed by atoms with van der Waals surface area (Å²) in [5.41, 5.74) is 3.07. The van der Waals surface area contributed by atoms with E-state index in [1.54, 1.807) is 60.7 Å². The summed E-state index contributed by atoms with van der Waals surface area (Å²) in [6, 6.07) is 16.7. The molecule has 0 saturated carbocycles. The van der Waals surface area contributed by atoms with Crippen molar-refractivity contribution in [2.75, 3.05) is 6.61 Å². The van der Waals surface area contributed by atoms with Crippen molar-refractivity contribution >= 4 is 35.8 Å². The predicted molar refractivity (Wildman–Crippen MR) is 113 cm³/mol. The van der Waals surface area contributed by atoms with Crippen molar-refractivity contribution in [1.29, 1.82) is 0 Å². The lowest BCUT2D eigenvalue weighted by Gasteiger charge is -2.04. The summed E-state index contributed by atoms with van der Waals surface area (Å²) >= 11 is 5.78. The van der Waals surface area contributed by atoms with Gasteiger partial charge in [0, 0.05) is 11.1 Å². The molecule has 0 aliphatic rings. The molecule has 0 radical (unpaired) electrons. The summed E-state index contributed by atoms with van der Waals surface area (Å²) in [6.07, 6.45) is 5.77. The molecule has 30 heavy (non-hydrogen) atoms. The highest BCUT2D eigenvalue weighted by molar-refractivity contribution is 6.30. The lowest BCUT2D eigenvalue weighted by atomic mass is 10.2. The number of nitrogens with zero attached hydrogens (tertiary/aromatic N) is 1. The number of halogens is 1. The van der Waals surface area contributed by atoms with Gasteiger partial charge < -0.3 is 13.9 Å². The standard InChI is InChI=1S/C22H17ClN2O5/c23-17-5-9-19(10-6-17)29-15-21(26)25-24-14-16-3-7-20(8-4-16)30-22(27)12-11-18-2-1-13-28-18/h1-14H,15H2,(H,25,26)/b12-11+,24-14+. The second-order valence-corrected chi connectivity index (χ2v) is 6.31. The molecule has 3 rings (SSSR count). The fourth-order valence-corrected chi connectivity index (χ4v) is 2.33. The highest BCUT2D eigenvalue weighted by Crippen LogP contribution is 2.15. The average Bonchev–Trinajstić information content (AvgIpc) is 3.27. The molecule has 0 spiro atoms. The van der Waals surface area contributed by atoms with E-state index < -0.39 is 11.9 Å². The van der Waals surface area contributed by atoms with Crippen LogP contribution in [0.2, 0.25) is 5.02 Å². The first-order chi connectivity index (χ1) is 14.6. The number of furan rings is 1. The molecule has 152 valence electrons. The molecular formula is C22H17ClN2O5. The van der Waals surface area contributed by atoms with Gasteiger partial charge in [-0.05, 0) is 72.3 Å². The van der Waals surface area contributed by atoms with Crippen molar-refractivity contribution in [2.45, 2.75) is 0 Å². The molecule has 0 saturated heterocycles. The van der Waals surface area contributed by atoms with E-state index in [2.05, 4.69) is 10.5 Å². The van der Waals surface area contributed by atoms with Crippen molar-refractivity contribution in [2.24, 2.45) is 5.10 Å². The van der Waals surface area contributed by atoms with Gasteiger partial charge in [0.15, 0.2) is 6.61 Å². The van der Waals surface area contributed by atoms with Crippen molar-refractivity contribution < 1.29 is 23.5 Å². The predicted octanol–water partition coefficient (Wildman–Crippen LogP) is 4.08. The Bertz CT molecular complexity index is 1030. The lowest BCUT2D eigenvalue weighted by Crippen LogP contribution is -2.24. The van der Waals surface area contributed by atoms with E-state index in [-0.39, 0.29) is 6.61 Å². The smallest absolute Gasteiger partial charge is 0.336 e. The molecule has 7 nitrogen and oxygen atoms in total. The number of amides is 1. The molecule has 0 unspecified atom stereocenters. The van der Waals surface area contributed by atoms with Crippen LogP contribution in [0.3, 0.4) is 0 Å². The number of hydrogen-bond donors (Lipinski definition) is 1. The number of ether oxygens (including phenoxy) is 2. The van der Waals surface area contributed by atoms with Crippen LogP contribution in [0.1, 0.15) is 11.3 Å². The third-order valence-corrected chi connectivity index (χ3v) is 3.86. The van der Waals surface area contributed by atoms with Gasteiger partial charge in [0.1, 0.15) is 17.3 Å². The fourth-order valence-electron chi connectivity index (χ4n) is 2.20. The van der Waals surface area contributed by atoms with Crippen LogP contribution in [0, 0.1) is 0 Å². The van der Waals surface area contributed by atoms with Gasteiger partial charge in [0.25, 0.3) is 5.91 Å². The van der Waals surface area contributed by atoms with Gasteiger partial charge in [-0.1, -0.05) is 11.6 Å². The fraction of sp³-hybridized carbons (Fsp3) is 0.0455. The quantitative estimate of drug-likeness (QED) is 0.193. The molecule has 3 aromatic rings. The Labute approximate surface area is 177 Å². The number of carbonyl (C=O) groups excluding carboxylic acids is 2. The van der Waals surface area contributed by atoms with Crippen molar-refractivity contribution in [1.82, 2.24) is 5.43 Å². The molecule has 2 aromatic carbocycles. The monoisotopic (exact) mass is 424 g/mol. The van der Waals surface area contributed by atoms with E-state index in [1.807, 2.05) is 0 Å². The Kier molecular flexibility index (Phi) is 7.40. The maximum absolute atomic E-state index is 11.8. The third-order valence-electron chi connectivity index (χ3n) is 3.61. The summed E-state index contributed by atoms with van der Waals surface area (Å²) < 4.78 is 15.6. The van der Waals surface area contributed by atoms with E-state index in [0.29, 0.717) is 27.8 Å². The number of nitrogens with one attached hydrogen (secondary N) is 1. The van der Waals surface area contributed by atoms with Gasteiger partial charge in [-0.2, -0.15) is 5.10 Å². The molecule has 0 fully saturated rings. The molecule has 1 N–H and O–H groups in total. The number of rotatable bonds is 8. The Morgan fingerprint density at radius 2 is 1.77 bits per heavy atom. The molecule has 0 aliphatic carbocycles. The average molecular weight is 425 g/mol. The van der Waals surface area contributed by atoms with Crippen LogP contribution in [0.15, 0.2) is 82.5 Å². The summed E-state index contributed by atoms with van der Waals surface area (Å²) in [6.45, 7) is -0.181. The second-order valence-electron chi connectivity index (χ2n) is 5.87. The van der Waals surface area contributed by atoms with Gasteiger partial charge in [-0.3, -0.25) is 4.79 Å². The maximum atomic E-state index is 11.8. The first-order valence-corrected chi connectivity index (χ1v) is 9.20. The molecule has 1 aromatic heterocycles. The number of hydrazone groups is 1. The summed E-state index contributed by atoms with van der Waals surface area (Å²) in [4.78, 5) is 23.5. The van der Waals surface area contributed by atoms with E-state index in [1.165, 1.54) is 24.6 Å². The largest absolute Gasteiger partial charge is 0.484 e. The second kappa shape index (κ2) is 10.6. The zero-order chi connectivity index (χ0) is 21.2. The highest BCUT2D eigenvalue weighted by Gasteiger charge is 2.03. The van der Waals surface area contributed by atoms with Crippen molar-refractivity contribution in [3.05, 3.63) is 89.3 Å². The van der Waals surface area contributed by atoms with Gasteiger partial charge in [-0.25, -0.2) is 10.2 Å². The molecule has 0 aliphatic heterocycles. The number of carbonyl (C=O) groups is 2. The van der Waals surface area contributed by atoms with Gasteiger partial charge >= 0.3 is 5.97 Å². The van der Waals surface area contributed by atoms with Crippen LogP contribution in [0.5, 0.6) is 11.5 Å². The molecule has 0 atom stereocenters. The lowest BCUT2D eigenvalue weighted by molar-refractivity contribution is -0.129. The van der Waals surface area contributed by atoms with Gasteiger partial charge in [0.05, 0.1) is 12.5 Å². The maximum Gasteiger partial charge on any atom is 0.336 e. The summed E-state index contributed by atoms with van der Waals surface area (Å²) in [5, 5.41) is 4.45. The van der Waals surface area contributed by atoms with Crippen LogP contribution in [-0.2, 0) is 9.59 Å². The first kappa shape index (κ1) is 20.9. The van der Waals surface area contributed by atoms with Crippen LogP contribution in [0.25, 0.3) is 6.08 Å². The Morgan fingerprint density at radius 3 is 2.47 bits per heavy atom. The number of hydrogen-bond acceptors (Lipinski definition) is 6. The molecule has 1 amide bonds. The van der Waals surface area contributed by atoms with Gasteiger partial charge in [-0.15, -0.1) is 0 Å². The highest BCUT2D eigenvalue weighted by atomic mass is 35.5. The first-order valence-electron chi connectivity index (χ1n) is 8.82. The number of esters is 1. The molecule has 1 heterocycles. The van der Waals surface area contributed by atoms with E-state index in [4.69, 9.17) is 25.5 Å². The Morgan fingerprint density at radius 1 is 1.03 bits per heavy atom. The van der Waals surface area contributed by atoms with Crippen LogP contribution in [0.4, 0.5) is 0 Å². The SMILES string of the molecule is O=C(COc1ccc(Cl)cc1)N/N=C/c1ccc(OC(=O)/C=C/c2ccco2)cc1. The van der Waals surface area contributed by atoms with E-state index in [9.17, 15) is 9.59 Å². The molecule has 8 heteroatoms. The third kappa shape index (κ3) is 6.96. The van der Waals surface area contributed by atoms with E-state index in [0.717, 1.165) is 0 Å². The number of benzene rings is 2. The Hall–Kier alpha value is -3.84. The minimum Gasteiger partial charge on any atom is -0.484 e.